The van der Waals surface area contributed by atoms with Gasteiger partial charge in [0.2, 0.25) is 0 Å². The highest BCUT2D eigenvalue weighted by atomic mass is 19.1. The second kappa shape index (κ2) is 10.4. The van der Waals surface area contributed by atoms with Gasteiger partial charge in [0.25, 0.3) is 6.47 Å². The van der Waals surface area contributed by atoms with Crippen LogP contribution >= 0.6 is 0 Å². The van der Waals surface area contributed by atoms with Gasteiger partial charge in [-0.2, -0.15) is 0 Å². The molecule has 0 saturated heterocycles. The number of hydrogen-bond acceptors (Lipinski definition) is 5. The maximum absolute atomic E-state index is 14.2. The Bertz CT molecular complexity index is 829. The summed E-state index contributed by atoms with van der Waals surface area (Å²) in [6.07, 6.45) is 0.645. The van der Waals surface area contributed by atoms with Crippen molar-refractivity contribution in [3.8, 4) is 16.9 Å². The molecule has 2 rings (SSSR count). The van der Waals surface area contributed by atoms with Crippen molar-refractivity contribution in [3.63, 3.8) is 0 Å². The summed E-state index contributed by atoms with van der Waals surface area (Å²) < 4.78 is 29.3. The van der Waals surface area contributed by atoms with E-state index in [1.807, 2.05) is 24.3 Å². The summed E-state index contributed by atoms with van der Waals surface area (Å²) >= 11 is 0. The Hall–Kier alpha value is -2.99. The molecule has 0 radical (unpaired) electrons. The highest BCUT2D eigenvalue weighted by molar-refractivity contribution is 5.86. The van der Waals surface area contributed by atoms with E-state index < -0.39 is 11.8 Å². The third-order valence-corrected chi connectivity index (χ3v) is 4.12. The van der Waals surface area contributed by atoms with Crippen LogP contribution in [0.2, 0.25) is 0 Å². The molecule has 0 aromatic heterocycles. The molecule has 0 saturated carbocycles. The SMILES string of the molecule is C=C(C)C(=O)OCC(COC)Cc1ccc(-c2ccc(OC=O)cc2F)cc1. The lowest BCUT2D eigenvalue weighted by molar-refractivity contribution is -0.140. The first-order chi connectivity index (χ1) is 13.4. The number of rotatable bonds is 10. The van der Waals surface area contributed by atoms with Crippen molar-refractivity contribution in [2.45, 2.75) is 13.3 Å². The van der Waals surface area contributed by atoms with Gasteiger partial charge >= 0.3 is 5.97 Å². The minimum atomic E-state index is -0.476. The zero-order chi connectivity index (χ0) is 20.5. The normalized spacial score (nSPS) is 11.5. The molecule has 0 bridgehead atoms. The summed E-state index contributed by atoms with van der Waals surface area (Å²) in [4.78, 5) is 21.9. The van der Waals surface area contributed by atoms with Crippen LogP contribution in [0.5, 0.6) is 5.75 Å². The Morgan fingerprint density at radius 2 is 1.89 bits per heavy atom. The molecule has 1 atom stereocenters. The van der Waals surface area contributed by atoms with Crippen LogP contribution in [0, 0.1) is 11.7 Å². The lowest BCUT2D eigenvalue weighted by atomic mass is 9.97. The third-order valence-electron chi connectivity index (χ3n) is 4.12. The van der Waals surface area contributed by atoms with Crippen LogP contribution in [0.1, 0.15) is 12.5 Å². The number of carbonyl (C=O) groups is 2. The first-order valence-corrected chi connectivity index (χ1v) is 8.75. The van der Waals surface area contributed by atoms with Gasteiger partial charge in [-0.25, -0.2) is 9.18 Å². The summed E-state index contributed by atoms with van der Waals surface area (Å²) in [7, 11) is 1.59. The molecule has 2 aromatic carbocycles. The Morgan fingerprint density at radius 3 is 2.46 bits per heavy atom. The van der Waals surface area contributed by atoms with Crippen LogP contribution in [-0.2, 0) is 25.5 Å². The van der Waals surface area contributed by atoms with Crippen LogP contribution in [0.3, 0.4) is 0 Å². The van der Waals surface area contributed by atoms with Crippen molar-refractivity contribution in [1.82, 2.24) is 0 Å². The fourth-order valence-corrected chi connectivity index (χ4v) is 2.73. The summed E-state index contributed by atoms with van der Waals surface area (Å²) in [5.41, 5.74) is 2.48. The van der Waals surface area contributed by atoms with Crippen LogP contribution in [0.15, 0.2) is 54.6 Å². The molecule has 1 unspecified atom stereocenters. The molecule has 5 nitrogen and oxygen atoms in total. The van der Waals surface area contributed by atoms with Gasteiger partial charge in [0, 0.05) is 30.2 Å². The number of halogens is 1. The van der Waals surface area contributed by atoms with E-state index in [2.05, 4.69) is 11.3 Å². The molecule has 0 aliphatic carbocycles. The summed E-state index contributed by atoms with van der Waals surface area (Å²) in [5.74, 6) is -0.750. The molecule has 0 heterocycles. The molecule has 0 spiro atoms. The predicted octanol–water partition coefficient (Wildman–Crippen LogP) is 3.95. The largest absolute Gasteiger partial charge is 0.462 e. The fraction of sp³-hybridized carbons (Fsp3) is 0.273. The highest BCUT2D eigenvalue weighted by Gasteiger charge is 2.14. The van der Waals surface area contributed by atoms with E-state index in [0.29, 0.717) is 29.7 Å². The van der Waals surface area contributed by atoms with Gasteiger partial charge in [-0.15, -0.1) is 0 Å². The third kappa shape index (κ3) is 6.03. The van der Waals surface area contributed by atoms with E-state index in [4.69, 9.17) is 9.47 Å². The Kier molecular flexibility index (Phi) is 7.89. The molecule has 0 aliphatic rings. The first kappa shape index (κ1) is 21.3. The molecular weight excluding hydrogens is 363 g/mol. The maximum atomic E-state index is 14.2. The van der Waals surface area contributed by atoms with Gasteiger partial charge in [0.1, 0.15) is 11.6 Å². The van der Waals surface area contributed by atoms with E-state index in [0.717, 1.165) is 5.56 Å². The lowest BCUT2D eigenvalue weighted by Crippen LogP contribution is -2.20. The second-order valence-electron chi connectivity index (χ2n) is 6.46. The average molecular weight is 386 g/mol. The number of hydrogen-bond donors (Lipinski definition) is 0. The summed E-state index contributed by atoms with van der Waals surface area (Å²) in [6.45, 7) is 6.09. The van der Waals surface area contributed by atoms with Crippen molar-refractivity contribution in [3.05, 3.63) is 66.0 Å². The first-order valence-electron chi connectivity index (χ1n) is 8.75. The van der Waals surface area contributed by atoms with Crippen molar-refractivity contribution in [1.29, 1.82) is 0 Å². The van der Waals surface area contributed by atoms with Crippen molar-refractivity contribution in [2.24, 2.45) is 5.92 Å². The summed E-state index contributed by atoms with van der Waals surface area (Å²) in [5, 5.41) is 0. The van der Waals surface area contributed by atoms with Gasteiger partial charge in [-0.1, -0.05) is 30.8 Å². The zero-order valence-electron chi connectivity index (χ0n) is 15.9. The number of benzene rings is 2. The monoisotopic (exact) mass is 386 g/mol. The van der Waals surface area contributed by atoms with E-state index >= 15 is 0 Å². The topological polar surface area (TPSA) is 61.8 Å². The summed E-state index contributed by atoms with van der Waals surface area (Å²) in [6, 6.07) is 11.7. The minimum absolute atomic E-state index is 0.00402. The van der Waals surface area contributed by atoms with Crippen molar-refractivity contribution >= 4 is 12.4 Å². The average Bonchev–Trinajstić information content (AvgIpc) is 2.67. The number of carbonyl (C=O) groups excluding carboxylic acids is 2. The molecule has 148 valence electrons. The quantitative estimate of drug-likeness (QED) is 0.351. The van der Waals surface area contributed by atoms with Crippen LogP contribution in [0.25, 0.3) is 11.1 Å². The van der Waals surface area contributed by atoms with Crippen LogP contribution in [0.4, 0.5) is 4.39 Å². The van der Waals surface area contributed by atoms with Crippen LogP contribution < -0.4 is 4.74 Å². The van der Waals surface area contributed by atoms with E-state index in [-0.39, 0.29) is 24.7 Å². The molecule has 6 heteroatoms. The standard InChI is InChI=1S/C22H23FO5/c1-15(2)22(25)27-13-17(12-26-3)10-16-4-6-18(7-5-16)20-9-8-19(28-14-24)11-21(20)23/h4-9,11,14,17H,1,10,12-13H2,2-3H3. The molecule has 0 N–H and O–H groups in total. The zero-order valence-corrected chi connectivity index (χ0v) is 15.9. The maximum Gasteiger partial charge on any atom is 0.333 e. The molecule has 0 fully saturated rings. The Labute approximate surface area is 163 Å². The van der Waals surface area contributed by atoms with Gasteiger partial charge in [0.05, 0.1) is 13.2 Å². The molecule has 28 heavy (non-hydrogen) atoms. The van der Waals surface area contributed by atoms with Gasteiger partial charge in [-0.3, -0.25) is 4.79 Å². The fourth-order valence-electron chi connectivity index (χ4n) is 2.73. The lowest BCUT2D eigenvalue weighted by Gasteiger charge is -2.16. The van der Waals surface area contributed by atoms with Crippen LogP contribution in [-0.4, -0.2) is 32.8 Å². The van der Waals surface area contributed by atoms with E-state index in [9.17, 15) is 14.0 Å². The second-order valence-corrected chi connectivity index (χ2v) is 6.46. The molecule has 0 aliphatic heterocycles. The molecule has 0 amide bonds. The smallest absolute Gasteiger partial charge is 0.333 e. The Morgan fingerprint density at radius 1 is 1.18 bits per heavy atom. The van der Waals surface area contributed by atoms with Gasteiger partial charge in [-0.05, 0) is 36.6 Å². The predicted molar refractivity (Wildman–Crippen MR) is 103 cm³/mol. The number of methoxy groups -OCH3 is 1. The number of ether oxygens (including phenoxy) is 3. The Balaban J connectivity index is 2.07. The number of esters is 1. The molecule has 2 aromatic rings. The van der Waals surface area contributed by atoms with Gasteiger partial charge in [0.15, 0.2) is 0 Å². The highest BCUT2D eigenvalue weighted by Crippen LogP contribution is 2.27. The minimum Gasteiger partial charge on any atom is -0.462 e. The van der Waals surface area contributed by atoms with E-state index in [1.165, 1.54) is 12.1 Å². The van der Waals surface area contributed by atoms with E-state index in [1.54, 1.807) is 20.1 Å². The van der Waals surface area contributed by atoms with Gasteiger partial charge < -0.3 is 14.2 Å². The van der Waals surface area contributed by atoms with Crippen molar-refractivity contribution < 1.29 is 28.2 Å². The van der Waals surface area contributed by atoms with Crippen molar-refractivity contribution in [2.75, 3.05) is 20.3 Å². The molecular formula is C22H23FO5.